The molecule has 186 valence electrons. The number of hydrogen-bond donors (Lipinski definition) is 3. The number of hydrogen-bond acceptors (Lipinski definition) is 6. The third kappa shape index (κ3) is 8.00. The average molecular weight is 529 g/mol. The molecule has 0 aliphatic rings. The minimum atomic E-state index is -0.931. The number of anilines is 1. The minimum Gasteiger partial charge on any atom is -0.497 e. The lowest BCUT2D eigenvalue weighted by Crippen LogP contribution is -2.37. The minimum absolute atomic E-state index is 0.168. The topological polar surface area (TPSA) is 118 Å². The Labute approximate surface area is 217 Å². The van der Waals surface area contributed by atoms with Crippen molar-refractivity contribution in [3.8, 4) is 11.5 Å². The van der Waals surface area contributed by atoms with Crippen LogP contribution in [-0.4, -0.2) is 37.7 Å². The Kier molecular flexibility index (Phi) is 9.67. The van der Waals surface area contributed by atoms with E-state index in [1.54, 1.807) is 67.8 Å². The number of nitrogens with zero attached hydrogens (tertiary/aromatic N) is 1. The van der Waals surface area contributed by atoms with E-state index in [0.717, 1.165) is 5.56 Å². The Morgan fingerprint density at radius 1 is 0.944 bits per heavy atom. The summed E-state index contributed by atoms with van der Waals surface area (Å²) < 4.78 is 10.6. The van der Waals surface area contributed by atoms with Gasteiger partial charge in [-0.3, -0.25) is 14.4 Å². The molecule has 0 saturated heterocycles. The zero-order valence-electron chi connectivity index (χ0n) is 19.1. The van der Waals surface area contributed by atoms with Crippen LogP contribution in [0.3, 0.4) is 0 Å². The summed E-state index contributed by atoms with van der Waals surface area (Å²) in [5.41, 5.74) is 3.92. The Bertz CT molecular complexity index is 1270. The van der Waals surface area contributed by atoms with Gasteiger partial charge in [0.25, 0.3) is 5.91 Å². The Morgan fingerprint density at radius 3 is 2.42 bits per heavy atom. The van der Waals surface area contributed by atoms with E-state index in [-0.39, 0.29) is 13.2 Å². The van der Waals surface area contributed by atoms with Crippen LogP contribution in [0.1, 0.15) is 11.1 Å². The first-order valence-electron chi connectivity index (χ1n) is 10.6. The summed E-state index contributed by atoms with van der Waals surface area (Å²) in [4.78, 5) is 36.2. The van der Waals surface area contributed by atoms with Gasteiger partial charge in [0.1, 0.15) is 11.5 Å². The molecule has 0 aliphatic carbocycles. The molecule has 3 amide bonds. The summed E-state index contributed by atoms with van der Waals surface area (Å²) in [6.07, 6.45) is 1.31. The van der Waals surface area contributed by atoms with Crippen molar-refractivity contribution in [2.24, 2.45) is 5.10 Å². The van der Waals surface area contributed by atoms with Gasteiger partial charge in [0.2, 0.25) is 0 Å². The standard InChI is InChI=1S/C25H22Cl2N4O5/c1-35-19-9-6-16(7-10-19)13-28-24(33)25(34)31-29-14-17-4-2-3-5-22(17)36-15-23(32)30-18-8-11-20(26)21(27)12-18/h2-12,14H,13,15H2,1H3,(H,28,33)(H,30,32)(H,31,34)/b29-14-. The van der Waals surface area contributed by atoms with E-state index in [1.807, 2.05) is 0 Å². The van der Waals surface area contributed by atoms with Crippen LogP contribution < -0.4 is 25.5 Å². The molecular weight excluding hydrogens is 507 g/mol. The van der Waals surface area contributed by atoms with E-state index in [1.165, 1.54) is 12.3 Å². The van der Waals surface area contributed by atoms with Gasteiger partial charge < -0.3 is 20.1 Å². The lowest BCUT2D eigenvalue weighted by atomic mass is 10.2. The van der Waals surface area contributed by atoms with Crippen LogP contribution in [0, 0.1) is 0 Å². The third-order valence-electron chi connectivity index (χ3n) is 4.67. The number of benzene rings is 3. The van der Waals surface area contributed by atoms with Crippen molar-refractivity contribution >= 4 is 52.8 Å². The first-order valence-corrected chi connectivity index (χ1v) is 11.3. The maximum atomic E-state index is 12.2. The molecule has 36 heavy (non-hydrogen) atoms. The second-order valence-electron chi connectivity index (χ2n) is 7.23. The van der Waals surface area contributed by atoms with Crippen LogP contribution in [0.4, 0.5) is 5.69 Å². The predicted molar refractivity (Wildman–Crippen MR) is 138 cm³/mol. The lowest BCUT2D eigenvalue weighted by Gasteiger charge is -2.10. The number of ether oxygens (including phenoxy) is 2. The normalized spacial score (nSPS) is 10.5. The summed E-state index contributed by atoms with van der Waals surface area (Å²) in [6, 6.07) is 18.5. The van der Waals surface area contributed by atoms with Gasteiger partial charge in [-0.05, 0) is 48.0 Å². The van der Waals surface area contributed by atoms with Gasteiger partial charge in [-0.15, -0.1) is 0 Å². The van der Waals surface area contributed by atoms with Gasteiger partial charge in [-0.1, -0.05) is 47.5 Å². The van der Waals surface area contributed by atoms with Crippen molar-refractivity contribution < 1.29 is 23.9 Å². The highest BCUT2D eigenvalue weighted by Crippen LogP contribution is 2.25. The van der Waals surface area contributed by atoms with Crippen molar-refractivity contribution in [3.63, 3.8) is 0 Å². The molecule has 9 nitrogen and oxygen atoms in total. The van der Waals surface area contributed by atoms with E-state index >= 15 is 0 Å². The lowest BCUT2D eigenvalue weighted by molar-refractivity contribution is -0.139. The highest BCUT2D eigenvalue weighted by Gasteiger charge is 2.12. The second kappa shape index (κ2) is 13.1. The van der Waals surface area contributed by atoms with Gasteiger partial charge in [0.15, 0.2) is 6.61 Å². The number of amides is 3. The van der Waals surface area contributed by atoms with Crippen LogP contribution in [0.15, 0.2) is 71.8 Å². The van der Waals surface area contributed by atoms with Gasteiger partial charge in [-0.25, -0.2) is 5.43 Å². The van der Waals surface area contributed by atoms with Crippen molar-refractivity contribution in [1.29, 1.82) is 0 Å². The fourth-order valence-electron chi connectivity index (χ4n) is 2.85. The first-order chi connectivity index (χ1) is 17.4. The zero-order chi connectivity index (χ0) is 25.9. The molecule has 0 aliphatic heterocycles. The third-order valence-corrected chi connectivity index (χ3v) is 5.41. The SMILES string of the molecule is COc1ccc(CNC(=O)C(=O)N/N=C\c2ccccc2OCC(=O)Nc2ccc(Cl)c(Cl)c2)cc1. The van der Waals surface area contributed by atoms with Crippen LogP contribution in [-0.2, 0) is 20.9 Å². The zero-order valence-corrected chi connectivity index (χ0v) is 20.6. The molecule has 0 bridgehead atoms. The molecule has 3 N–H and O–H groups in total. The number of nitrogens with one attached hydrogen (secondary N) is 3. The number of rotatable bonds is 9. The largest absolute Gasteiger partial charge is 0.497 e. The van der Waals surface area contributed by atoms with E-state index in [4.69, 9.17) is 32.7 Å². The van der Waals surface area contributed by atoms with E-state index in [0.29, 0.717) is 32.8 Å². The summed E-state index contributed by atoms with van der Waals surface area (Å²) >= 11 is 11.8. The number of para-hydroxylation sites is 1. The average Bonchev–Trinajstić information content (AvgIpc) is 2.89. The number of methoxy groups -OCH3 is 1. The molecule has 0 unspecified atom stereocenters. The van der Waals surface area contributed by atoms with Crippen LogP contribution in [0.25, 0.3) is 0 Å². The molecular formula is C25H22Cl2N4O5. The molecule has 0 fully saturated rings. The molecule has 0 heterocycles. The van der Waals surface area contributed by atoms with Crippen molar-refractivity contribution in [3.05, 3.63) is 87.9 Å². The number of carbonyl (C=O) groups excluding carboxylic acids is 3. The molecule has 0 aromatic heterocycles. The predicted octanol–water partition coefficient (Wildman–Crippen LogP) is 3.79. The van der Waals surface area contributed by atoms with Crippen LogP contribution >= 0.6 is 23.2 Å². The maximum absolute atomic E-state index is 12.2. The highest BCUT2D eigenvalue weighted by atomic mass is 35.5. The summed E-state index contributed by atoms with van der Waals surface area (Å²) in [7, 11) is 1.56. The summed E-state index contributed by atoms with van der Waals surface area (Å²) in [5.74, 6) is -1.15. The second-order valence-corrected chi connectivity index (χ2v) is 8.05. The van der Waals surface area contributed by atoms with E-state index < -0.39 is 17.7 Å². The van der Waals surface area contributed by atoms with Crippen molar-refractivity contribution in [1.82, 2.24) is 10.7 Å². The van der Waals surface area contributed by atoms with Crippen molar-refractivity contribution in [2.45, 2.75) is 6.54 Å². The molecule has 3 aromatic carbocycles. The maximum Gasteiger partial charge on any atom is 0.329 e. The first kappa shape index (κ1) is 26.5. The monoisotopic (exact) mass is 528 g/mol. The smallest absolute Gasteiger partial charge is 0.329 e. The fourth-order valence-corrected chi connectivity index (χ4v) is 3.15. The van der Waals surface area contributed by atoms with Gasteiger partial charge in [-0.2, -0.15) is 5.10 Å². The quantitative estimate of drug-likeness (QED) is 0.222. The van der Waals surface area contributed by atoms with Gasteiger partial charge in [0.05, 0.1) is 23.4 Å². The van der Waals surface area contributed by atoms with Gasteiger partial charge >= 0.3 is 11.8 Å². The number of halogens is 2. The van der Waals surface area contributed by atoms with Crippen LogP contribution in [0.2, 0.25) is 10.0 Å². The molecule has 0 radical (unpaired) electrons. The fraction of sp³-hybridized carbons (Fsp3) is 0.120. The number of hydrazone groups is 1. The Balaban J connectivity index is 1.48. The summed E-state index contributed by atoms with van der Waals surface area (Å²) in [6.45, 7) is -0.119. The molecule has 3 aromatic rings. The highest BCUT2D eigenvalue weighted by molar-refractivity contribution is 6.42. The molecule has 3 rings (SSSR count). The van der Waals surface area contributed by atoms with E-state index in [9.17, 15) is 14.4 Å². The van der Waals surface area contributed by atoms with Gasteiger partial charge in [0, 0.05) is 17.8 Å². The molecule has 0 saturated carbocycles. The molecule has 11 heteroatoms. The molecule has 0 atom stereocenters. The Morgan fingerprint density at radius 2 is 1.69 bits per heavy atom. The molecule has 0 spiro atoms. The summed E-state index contributed by atoms with van der Waals surface area (Å²) in [5, 5.41) is 9.65. The van der Waals surface area contributed by atoms with Crippen molar-refractivity contribution in [2.75, 3.05) is 19.0 Å². The Hall–Kier alpha value is -4.08. The van der Waals surface area contributed by atoms with E-state index in [2.05, 4.69) is 21.2 Å². The van der Waals surface area contributed by atoms with Crippen LogP contribution in [0.5, 0.6) is 11.5 Å². The number of carbonyl (C=O) groups is 3.